The molecule has 1 N–H and O–H groups in total. The minimum absolute atomic E-state index is 0.110. The Morgan fingerprint density at radius 2 is 1.97 bits per heavy atom. The SMILES string of the molecule is Cc1c(C(=O)COC(=O)CCNS(=O)(=O)c2cn(C)c(C)n2)sc2ccccc12. The zero-order valence-electron chi connectivity index (χ0n) is 16.3. The van der Waals surface area contributed by atoms with Crippen LogP contribution in [0.25, 0.3) is 10.1 Å². The van der Waals surface area contributed by atoms with Gasteiger partial charge in [0.25, 0.3) is 10.0 Å². The summed E-state index contributed by atoms with van der Waals surface area (Å²) in [5.41, 5.74) is 0.866. The van der Waals surface area contributed by atoms with Crippen LogP contribution in [-0.2, 0) is 26.6 Å². The molecule has 0 aliphatic rings. The molecule has 0 atom stereocenters. The number of carbonyl (C=O) groups is 2. The van der Waals surface area contributed by atoms with Crippen molar-refractivity contribution >= 4 is 43.2 Å². The highest BCUT2D eigenvalue weighted by Gasteiger charge is 2.20. The number of hydrogen-bond donors (Lipinski definition) is 1. The lowest BCUT2D eigenvalue weighted by Crippen LogP contribution is -2.27. The summed E-state index contributed by atoms with van der Waals surface area (Å²) >= 11 is 1.36. The van der Waals surface area contributed by atoms with Gasteiger partial charge in [0, 0.05) is 24.5 Å². The molecule has 3 aromatic rings. The molecule has 0 bridgehead atoms. The van der Waals surface area contributed by atoms with Crippen LogP contribution in [-0.4, -0.2) is 42.9 Å². The Labute approximate surface area is 172 Å². The summed E-state index contributed by atoms with van der Waals surface area (Å²) in [4.78, 5) is 28.8. The maximum Gasteiger partial charge on any atom is 0.307 e. The largest absolute Gasteiger partial charge is 0.457 e. The highest BCUT2D eigenvalue weighted by molar-refractivity contribution is 7.89. The highest BCUT2D eigenvalue weighted by Crippen LogP contribution is 2.30. The van der Waals surface area contributed by atoms with Crippen molar-refractivity contribution in [2.75, 3.05) is 13.2 Å². The summed E-state index contributed by atoms with van der Waals surface area (Å²) in [7, 11) is -2.12. The van der Waals surface area contributed by atoms with E-state index in [1.165, 1.54) is 17.5 Å². The summed E-state index contributed by atoms with van der Waals surface area (Å²) in [6.45, 7) is 3.03. The Hall–Kier alpha value is -2.56. The molecular weight excluding hydrogens is 414 g/mol. The average molecular weight is 436 g/mol. The molecular formula is C19H21N3O5S2. The fourth-order valence-corrected chi connectivity index (χ4v) is 4.94. The van der Waals surface area contributed by atoms with E-state index in [9.17, 15) is 18.0 Å². The number of rotatable bonds is 8. The van der Waals surface area contributed by atoms with Crippen molar-refractivity contribution in [3.05, 3.63) is 46.7 Å². The first-order valence-corrected chi connectivity index (χ1v) is 11.2. The maximum absolute atomic E-state index is 12.4. The van der Waals surface area contributed by atoms with Crippen LogP contribution in [0.4, 0.5) is 0 Å². The quantitative estimate of drug-likeness (QED) is 0.430. The lowest BCUT2D eigenvalue weighted by atomic mass is 10.1. The van der Waals surface area contributed by atoms with Gasteiger partial charge in [-0.3, -0.25) is 9.59 Å². The topological polar surface area (TPSA) is 107 Å². The van der Waals surface area contributed by atoms with Gasteiger partial charge in [-0.05, 0) is 30.9 Å². The number of benzene rings is 1. The second kappa shape index (κ2) is 8.44. The second-order valence-electron chi connectivity index (χ2n) is 6.52. The van der Waals surface area contributed by atoms with E-state index in [2.05, 4.69) is 9.71 Å². The van der Waals surface area contributed by atoms with Crippen LogP contribution in [0.15, 0.2) is 35.5 Å². The number of Topliss-reactive ketones (excluding diaryl/α,β-unsaturated/α-hetero) is 1. The Morgan fingerprint density at radius 1 is 1.24 bits per heavy atom. The number of thiophene rings is 1. The Balaban J connectivity index is 1.50. The van der Waals surface area contributed by atoms with Crippen LogP contribution in [0.5, 0.6) is 0 Å². The monoisotopic (exact) mass is 435 g/mol. The van der Waals surface area contributed by atoms with Gasteiger partial charge in [0.15, 0.2) is 11.6 Å². The van der Waals surface area contributed by atoms with E-state index in [4.69, 9.17) is 4.74 Å². The molecule has 0 fully saturated rings. The van der Waals surface area contributed by atoms with Crippen molar-refractivity contribution in [3.63, 3.8) is 0 Å². The smallest absolute Gasteiger partial charge is 0.307 e. The molecule has 29 heavy (non-hydrogen) atoms. The molecule has 0 aliphatic carbocycles. The minimum atomic E-state index is -3.81. The molecule has 2 aromatic heterocycles. The number of carbonyl (C=O) groups excluding carboxylic acids is 2. The van der Waals surface area contributed by atoms with Gasteiger partial charge < -0.3 is 9.30 Å². The molecule has 8 nitrogen and oxygen atoms in total. The molecule has 10 heteroatoms. The Morgan fingerprint density at radius 3 is 2.62 bits per heavy atom. The number of hydrogen-bond acceptors (Lipinski definition) is 7. The first kappa shape index (κ1) is 21.2. The summed E-state index contributed by atoms with van der Waals surface area (Å²) in [6, 6.07) is 7.69. The van der Waals surface area contributed by atoms with E-state index >= 15 is 0 Å². The van der Waals surface area contributed by atoms with E-state index in [0.717, 1.165) is 15.6 Å². The van der Waals surface area contributed by atoms with Crippen LogP contribution in [0.3, 0.4) is 0 Å². The average Bonchev–Trinajstić information content (AvgIpc) is 3.20. The van der Waals surface area contributed by atoms with E-state index in [1.807, 2.05) is 31.2 Å². The molecule has 154 valence electrons. The van der Waals surface area contributed by atoms with Crippen LogP contribution < -0.4 is 4.72 Å². The highest BCUT2D eigenvalue weighted by atomic mass is 32.2. The van der Waals surface area contributed by atoms with Crippen LogP contribution in [0.2, 0.25) is 0 Å². The van der Waals surface area contributed by atoms with Crippen molar-refractivity contribution in [1.29, 1.82) is 0 Å². The molecule has 2 heterocycles. The fourth-order valence-electron chi connectivity index (χ4n) is 2.74. The van der Waals surface area contributed by atoms with E-state index in [1.54, 1.807) is 18.5 Å². The number of imidazole rings is 1. The molecule has 0 unspecified atom stereocenters. The number of nitrogens with one attached hydrogen (secondary N) is 1. The summed E-state index contributed by atoms with van der Waals surface area (Å²) in [5, 5.41) is 0.896. The van der Waals surface area contributed by atoms with Crippen molar-refractivity contribution in [1.82, 2.24) is 14.3 Å². The number of sulfonamides is 1. The summed E-state index contributed by atoms with van der Waals surface area (Å²) < 4.78 is 34.2. The number of aryl methyl sites for hydroxylation is 3. The predicted octanol–water partition coefficient (Wildman–Crippen LogP) is 2.35. The van der Waals surface area contributed by atoms with Gasteiger partial charge in [-0.15, -0.1) is 11.3 Å². The van der Waals surface area contributed by atoms with Gasteiger partial charge in [-0.25, -0.2) is 18.1 Å². The van der Waals surface area contributed by atoms with Crippen molar-refractivity contribution in [2.24, 2.45) is 7.05 Å². The molecule has 3 rings (SSSR count). The molecule has 0 saturated carbocycles. The molecule has 0 amide bonds. The third-order valence-corrected chi connectivity index (χ3v) is 7.09. The van der Waals surface area contributed by atoms with Gasteiger partial charge in [0.1, 0.15) is 5.82 Å². The number of aromatic nitrogens is 2. The lowest BCUT2D eigenvalue weighted by Gasteiger charge is -2.05. The summed E-state index contributed by atoms with van der Waals surface area (Å²) in [6.07, 6.45) is 1.20. The van der Waals surface area contributed by atoms with Crippen LogP contribution >= 0.6 is 11.3 Å². The van der Waals surface area contributed by atoms with E-state index in [0.29, 0.717) is 10.7 Å². The molecule has 0 radical (unpaired) electrons. The zero-order chi connectivity index (χ0) is 21.2. The van der Waals surface area contributed by atoms with Crippen molar-refractivity contribution in [3.8, 4) is 0 Å². The number of fused-ring (bicyclic) bond motifs is 1. The number of ether oxygens (including phenoxy) is 1. The second-order valence-corrected chi connectivity index (χ2v) is 9.29. The van der Waals surface area contributed by atoms with Crippen molar-refractivity contribution in [2.45, 2.75) is 25.3 Å². The maximum atomic E-state index is 12.4. The molecule has 0 saturated heterocycles. The molecule has 0 spiro atoms. The van der Waals surface area contributed by atoms with E-state index < -0.39 is 16.0 Å². The molecule has 1 aromatic carbocycles. The van der Waals surface area contributed by atoms with Gasteiger partial charge in [0.05, 0.1) is 11.3 Å². The van der Waals surface area contributed by atoms with Gasteiger partial charge >= 0.3 is 5.97 Å². The summed E-state index contributed by atoms with van der Waals surface area (Å²) in [5.74, 6) is -0.376. The van der Waals surface area contributed by atoms with Crippen LogP contribution in [0, 0.1) is 13.8 Å². The third kappa shape index (κ3) is 4.72. The fraction of sp³-hybridized carbons (Fsp3) is 0.316. The van der Waals surface area contributed by atoms with Gasteiger partial charge in [-0.2, -0.15) is 0 Å². The van der Waals surface area contributed by atoms with Crippen molar-refractivity contribution < 1.29 is 22.7 Å². The number of ketones is 1. The molecule has 0 aliphatic heterocycles. The minimum Gasteiger partial charge on any atom is -0.457 e. The zero-order valence-corrected chi connectivity index (χ0v) is 17.9. The van der Waals surface area contributed by atoms with Crippen LogP contribution in [0.1, 0.15) is 27.5 Å². The normalized spacial score (nSPS) is 11.7. The van der Waals surface area contributed by atoms with Gasteiger partial charge in [0.2, 0.25) is 5.78 Å². The predicted molar refractivity (Wildman–Crippen MR) is 110 cm³/mol. The Kier molecular flexibility index (Phi) is 6.15. The standard InChI is InChI=1S/C19H21N3O5S2/c1-12-14-6-4-5-7-16(14)28-19(12)15(23)11-27-18(24)8-9-20-29(25,26)17-10-22(3)13(2)21-17/h4-7,10,20H,8-9,11H2,1-3H3. The Bertz CT molecular complexity index is 1160. The number of esters is 1. The number of nitrogens with zero attached hydrogens (tertiary/aromatic N) is 2. The van der Waals surface area contributed by atoms with Gasteiger partial charge in [-0.1, -0.05) is 18.2 Å². The third-order valence-electron chi connectivity index (χ3n) is 4.44. The van der Waals surface area contributed by atoms with E-state index in [-0.39, 0.29) is 30.4 Å². The first-order chi connectivity index (χ1) is 13.7. The lowest BCUT2D eigenvalue weighted by molar-refractivity contribution is -0.142. The first-order valence-electron chi connectivity index (χ1n) is 8.85.